The number of nitrogens with one attached hydrogen (secondary N) is 1. The monoisotopic (exact) mass is 493 g/mol. The minimum atomic E-state index is 0.651. The second-order valence-electron chi connectivity index (χ2n) is 9.56. The number of allylic oxidation sites excluding steroid dienone is 7. The first-order valence-corrected chi connectivity index (χ1v) is 13.0. The molecule has 0 aromatic heterocycles. The Balaban J connectivity index is 2.14. The number of terminal acetylenes is 1. The molecule has 1 aromatic rings. The van der Waals surface area contributed by atoms with Crippen molar-refractivity contribution in [2.75, 3.05) is 26.7 Å². The third-order valence-corrected chi connectivity index (χ3v) is 6.95. The third-order valence-electron chi connectivity index (χ3n) is 6.95. The standard InChI is InChI=1S/C34H43N3/c1-9-28-15-14-16-33(22-28)26(6)34(13-5)36-25-30(11-3)23-32(12-4)27(7)35-24-29(10-2)21-31-17-19-37(8)20-18-31/h1,10-16,22-24,31,36H,2,4-5,17-21,25H2,3,6-8H3/b29-24+,30-11+,32-23+,34-26+,35-27-. The number of benzene rings is 1. The highest BCUT2D eigenvalue weighted by Crippen LogP contribution is 2.24. The van der Waals surface area contributed by atoms with Gasteiger partial charge in [0, 0.05) is 29.7 Å². The zero-order valence-electron chi connectivity index (χ0n) is 23.2. The van der Waals surface area contributed by atoms with E-state index in [0.717, 1.165) is 45.7 Å². The summed E-state index contributed by atoms with van der Waals surface area (Å²) in [5.41, 5.74) is 8.26. The molecule has 3 heteroatoms. The summed E-state index contributed by atoms with van der Waals surface area (Å²) < 4.78 is 0. The largest absolute Gasteiger partial charge is 0.381 e. The quantitative estimate of drug-likeness (QED) is 0.185. The fourth-order valence-corrected chi connectivity index (χ4v) is 4.34. The summed E-state index contributed by atoms with van der Waals surface area (Å²) in [5.74, 6) is 3.41. The molecule has 1 heterocycles. The highest BCUT2D eigenvalue weighted by Gasteiger charge is 2.17. The molecule has 0 atom stereocenters. The summed E-state index contributed by atoms with van der Waals surface area (Å²) >= 11 is 0. The summed E-state index contributed by atoms with van der Waals surface area (Å²) in [4.78, 5) is 7.17. The normalized spacial score (nSPS) is 17.1. The van der Waals surface area contributed by atoms with Crippen LogP contribution in [0.4, 0.5) is 0 Å². The van der Waals surface area contributed by atoms with Gasteiger partial charge in [-0.15, -0.1) is 6.42 Å². The van der Waals surface area contributed by atoms with E-state index in [0.29, 0.717) is 12.5 Å². The molecule has 0 saturated carbocycles. The van der Waals surface area contributed by atoms with E-state index in [-0.39, 0.29) is 0 Å². The predicted octanol–water partition coefficient (Wildman–Crippen LogP) is 7.50. The Kier molecular flexibility index (Phi) is 12.4. The van der Waals surface area contributed by atoms with E-state index in [1.165, 1.54) is 31.5 Å². The molecule has 0 aliphatic carbocycles. The van der Waals surface area contributed by atoms with E-state index in [2.05, 4.69) is 68.1 Å². The van der Waals surface area contributed by atoms with Gasteiger partial charge >= 0.3 is 0 Å². The average Bonchev–Trinajstić information content (AvgIpc) is 2.93. The fraction of sp³-hybridized carbons (Fsp3) is 0.324. The molecule has 0 bridgehead atoms. The van der Waals surface area contributed by atoms with Gasteiger partial charge in [-0.2, -0.15) is 0 Å². The molecule has 1 aliphatic heterocycles. The molecular weight excluding hydrogens is 450 g/mol. The van der Waals surface area contributed by atoms with E-state index < -0.39 is 0 Å². The van der Waals surface area contributed by atoms with Gasteiger partial charge in [0.05, 0.1) is 0 Å². The van der Waals surface area contributed by atoms with Gasteiger partial charge in [-0.25, -0.2) is 0 Å². The molecule has 2 rings (SSSR count). The molecule has 3 nitrogen and oxygen atoms in total. The molecule has 0 unspecified atom stereocenters. The van der Waals surface area contributed by atoms with Crippen LogP contribution in [0.1, 0.15) is 51.2 Å². The van der Waals surface area contributed by atoms with Gasteiger partial charge in [-0.3, -0.25) is 4.99 Å². The van der Waals surface area contributed by atoms with Gasteiger partial charge < -0.3 is 10.2 Å². The molecule has 1 aliphatic rings. The van der Waals surface area contributed by atoms with Gasteiger partial charge in [0.15, 0.2) is 0 Å². The molecule has 194 valence electrons. The van der Waals surface area contributed by atoms with Crippen molar-refractivity contribution >= 4 is 11.3 Å². The van der Waals surface area contributed by atoms with Crippen LogP contribution < -0.4 is 5.32 Å². The van der Waals surface area contributed by atoms with Gasteiger partial charge in [0.1, 0.15) is 0 Å². The Hall–Kier alpha value is -3.61. The minimum Gasteiger partial charge on any atom is -0.381 e. The summed E-state index contributed by atoms with van der Waals surface area (Å²) in [6.07, 6.45) is 20.9. The van der Waals surface area contributed by atoms with Crippen molar-refractivity contribution in [3.8, 4) is 12.3 Å². The number of likely N-dealkylation sites (tertiary alicyclic amines) is 1. The zero-order chi connectivity index (χ0) is 27.2. The Morgan fingerprint density at radius 2 is 1.86 bits per heavy atom. The lowest BCUT2D eigenvalue weighted by Crippen LogP contribution is -2.30. The third kappa shape index (κ3) is 9.41. The molecule has 1 saturated heterocycles. The first-order valence-electron chi connectivity index (χ1n) is 13.0. The van der Waals surface area contributed by atoms with E-state index in [1.54, 1.807) is 0 Å². The van der Waals surface area contributed by atoms with Crippen LogP contribution in [0.2, 0.25) is 0 Å². The molecule has 1 fully saturated rings. The van der Waals surface area contributed by atoms with Crippen LogP contribution in [0.5, 0.6) is 0 Å². The summed E-state index contributed by atoms with van der Waals surface area (Å²) in [6.45, 7) is 21.2. The molecule has 0 amide bonds. The molecule has 0 radical (unpaired) electrons. The summed E-state index contributed by atoms with van der Waals surface area (Å²) in [5, 5.41) is 3.53. The van der Waals surface area contributed by atoms with E-state index in [4.69, 9.17) is 11.4 Å². The Labute approximate surface area is 225 Å². The van der Waals surface area contributed by atoms with Gasteiger partial charge in [0.25, 0.3) is 0 Å². The molecular formula is C34H43N3. The van der Waals surface area contributed by atoms with Gasteiger partial charge in [-0.1, -0.05) is 56.0 Å². The molecule has 0 spiro atoms. The van der Waals surface area contributed by atoms with Crippen LogP contribution in [0, 0.1) is 18.3 Å². The summed E-state index contributed by atoms with van der Waals surface area (Å²) in [7, 11) is 2.19. The number of hydrogen-bond donors (Lipinski definition) is 1. The van der Waals surface area contributed by atoms with E-state index in [9.17, 15) is 0 Å². The lowest BCUT2D eigenvalue weighted by Gasteiger charge is -2.29. The van der Waals surface area contributed by atoms with Crippen molar-refractivity contribution in [1.29, 1.82) is 0 Å². The highest BCUT2D eigenvalue weighted by atomic mass is 15.1. The molecule has 1 N–H and O–H groups in total. The summed E-state index contributed by atoms with van der Waals surface area (Å²) in [6, 6.07) is 7.99. The van der Waals surface area contributed by atoms with E-state index >= 15 is 0 Å². The predicted molar refractivity (Wildman–Crippen MR) is 163 cm³/mol. The van der Waals surface area contributed by atoms with Gasteiger partial charge in [0.2, 0.25) is 0 Å². The number of piperidine rings is 1. The topological polar surface area (TPSA) is 27.6 Å². The SMILES string of the molecule is C#Cc1cccc(/C(C)=C(\C=C)NCC(=C/C)/C=C(C=C)/C(C)=N\C=C(/C=C)CC2CCN(C)CC2)c1. The number of hydrogen-bond acceptors (Lipinski definition) is 3. The van der Waals surface area contributed by atoms with Crippen LogP contribution in [0.15, 0.2) is 108 Å². The van der Waals surface area contributed by atoms with Crippen LogP contribution in [-0.2, 0) is 0 Å². The van der Waals surface area contributed by atoms with Crippen molar-refractivity contribution in [2.45, 2.75) is 40.0 Å². The number of rotatable bonds is 12. The molecule has 1 aromatic carbocycles. The zero-order valence-corrected chi connectivity index (χ0v) is 23.2. The lowest BCUT2D eigenvalue weighted by atomic mass is 9.90. The maximum Gasteiger partial charge on any atom is 0.0444 e. The molecule has 37 heavy (non-hydrogen) atoms. The van der Waals surface area contributed by atoms with Crippen molar-refractivity contribution in [1.82, 2.24) is 10.2 Å². The second-order valence-corrected chi connectivity index (χ2v) is 9.56. The minimum absolute atomic E-state index is 0.651. The van der Waals surface area contributed by atoms with Crippen LogP contribution in [0.25, 0.3) is 5.57 Å². The van der Waals surface area contributed by atoms with Crippen LogP contribution in [-0.4, -0.2) is 37.3 Å². The maximum atomic E-state index is 5.58. The lowest BCUT2D eigenvalue weighted by molar-refractivity contribution is 0.219. The Morgan fingerprint density at radius 3 is 2.46 bits per heavy atom. The van der Waals surface area contributed by atoms with Crippen molar-refractivity contribution < 1.29 is 0 Å². The van der Waals surface area contributed by atoms with Crippen molar-refractivity contribution in [3.63, 3.8) is 0 Å². The number of aliphatic imine (C=N–C) groups is 1. The van der Waals surface area contributed by atoms with Crippen LogP contribution >= 0.6 is 0 Å². The Bertz CT molecular complexity index is 1160. The second kappa shape index (κ2) is 15.5. The van der Waals surface area contributed by atoms with Crippen LogP contribution in [0.3, 0.4) is 0 Å². The first-order chi connectivity index (χ1) is 17.8. The van der Waals surface area contributed by atoms with Gasteiger partial charge in [-0.05, 0) is 118 Å². The first kappa shape index (κ1) is 29.6. The smallest absolute Gasteiger partial charge is 0.0444 e. The Morgan fingerprint density at radius 1 is 1.14 bits per heavy atom. The van der Waals surface area contributed by atoms with Crippen molar-refractivity contribution in [2.24, 2.45) is 10.9 Å². The van der Waals surface area contributed by atoms with E-state index in [1.807, 2.05) is 56.5 Å². The number of nitrogens with zero attached hydrogens (tertiary/aromatic N) is 2. The fourth-order valence-electron chi connectivity index (χ4n) is 4.34. The maximum absolute atomic E-state index is 5.58. The van der Waals surface area contributed by atoms with Crippen molar-refractivity contribution in [3.05, 3.63) is 114 Å². The highest BCUT2D eigenvalue weighted by molar-refractivity contribution is 6.01. The average molecular weight is 494 g/mol.